The Kier molecular flexibility index (Phi) is 13.2. The molecule has 1 heterocycles. The molecule has 0 aliphatic carbocycles. The highest BCUT2D eigenvalue weighted by Gasteiger charge is 2.31. The molecule has 1 aromatic rings. The first-order chi connectivity index (χ1) is 16.5. The lowest BCUT2D eigenvalue weighted by Gasteiger charge is -2.32. The number of ether oxygens (including phenoxy) is 3. The summed E-state index contributed by atoms with van der Waals surface area (Å²) in [6, 6.07) is 7.77. The van der Waals surface area contributed by atoms with Crippen LogP contribution in [0.1, 0.15) is 18.1 Å². The molecule has 4 N–H and O–H groups in total. The first-order valence-electron chi connectivity index (χ1n) is 11.3. The van der Waals surface area contributed by atoms with Gasteiger partial charge in [-0.1, -0.05) is 36.8 Å². The second-order valence-electron chi connectivity index (χ2n) is 7.85. The average molecular weight is 496 g/mol. The van der Waals surface area contributed by atoms with Crippen molar-refractivity contribution in [3.63, 3.8) is 0 Å². The molecule has 1 saturated heterocycles. The van der Waals surface area contributed by atoms with E-state index in [9.17, 15) is 9.59 Å². The van der Waals surface area contributed by atoms with Crippen LogP contribution in [0.3, 0.4) is 0 Å². The number of hydrogen-bond acceptors (Lipinski definition) is 8. The maximum Gasteiger partial charge on any atom is 0.315 e. The molecule has 2 unspecified atom stereocenters. The molecular weight excluding hydrogens is 460 g/mol. The van der Waals surface area contributed by atoms with Gasteiger partial charge < -0.3 is 30.2 Å². The highest BCUT2D eigenvalue weighted by Crippen LogP contribution is 2.24. The van der Waals surface area contributed by atoms with E-state index in [2.05, 4.69) is 26.0 Å². The van der Waals surface area contributed by atoms with Gasteiger partial charge in [0, 0.05) is 19.0 Å². The third-order valence-electron chi connectivity index (χ3n) is 4.99. The summed E-state index contributed by atoms with van der Waals surface area (Å²) in [5.74, 6) is 0.0331. The van der Waals surface area contributed by atoms with E-state index in [1.54, 1.807) is 0 Å². The Morgan fingerprint density at radius 3 is 2.59 bits per heavy atom. The van der Waals surface area contributed by atoms with E-state index in [1.807, 2.05) is 38.1 Å². The monoisotopic (exact) mass is 495 g/mol. The van der Waals surface area contributed by atoms with Crippen molar-refractivity contribution >= 4 is 23.7 Å². The third kappa shape index (κ3) is 11.1. The van der Waals surface area contributed by atoms with Gasteiger partial charge >= 0.3 is 6.03 Å². The number of hydrogen-bond donors (Lipinski definition) is 4. The third-order valence-corrected chi connectivity index (χ3v) is 6.54. The van der Waals surface area contributed by atoms with Crippen molar-refractivity contribution in [3.05, 3.63) is 35.4 Å². The fraction of sp³-hybridized carbons (Fsp3) is 0.636. The summed E-state index contributed by atoms with van der Waals surface area (Å²) in [6.07, 6.45) is 0. The molecule has 3 atom stereocenters. The van der Waals surface area contributed by atoms with E-state index in [4.69, 9.17) is 19.7 Å². The summed E-state index contributed by atoms with van der Waals surface area (Å²) in [7, 11) is 0. The molecule has 11 nitrogen and oxygen atoms in total. The maximum atomic E-state index is 12.9. The average Bonchev–Trinajstić information content (AvgIpc) is 2.83. The van der Waals surface area contributed by atoms with Crippen molar-refractivity contribution in [1.29, 1.82) is 5.53 Å². The van der Waals surface area contributed by atoms with Crippen molar-refractivity contribution in [2.24, 2.45) is 11.0 Å². The number of nitrogens with zero attached hydrogens (tertiary/aromatic N) is 2. The number of carbonyl (C=O) groups excluding carboxylic acids is 2. The zero-order valence-corrected chi connectivity index (χ0v) is 20.6. The van der Waals surface area contributed by atoms with E-state index in [0.717, 1.165) is 11.1 Å². The molecule has 188 valence electrons. The van der Waals surface area contributed by atoms with Crippen LogP contribution in [0.4, 0.5) is 4.79 Å². The minimum absolute atomic E-state index is 0.135. The van der Waals surface area contributed by atoms with Crippen LogP contribution in [-0.4, -0.2) is 75.3 Å². The number of benzene rings is 1. The summed E-state index contributed by atoms with van der Waals surface area (Å²) in [5.41, 5.74) is 8.73. The van der Waals surface area contributed by atoms with Gasteiger partial charge in [-0.3, -0.25) is 4.79 Å². The van der Waals surface area contributed by atoms with E-state index in [0.29, 0.717) is 52.7 Å². The predicted octanol–water partition coefficient (Wildman–Crippen LogP) is 1.59. The van der Waals surface area contributed by atoms with Crippen LogP contribution in [-0.2, 0) is 25.5 Å². The highest BCUT2D eigenvalue weighted by molar-refractivity contribution is 8.01. The lowest BCUT2D eigenvalue weighted by atomic mass is 10.1. The topological polar surface area (TPSA) is 148 Å². The van der Waals surface area contributed by atoms with E-state index in [1.165, 1.54) is 11.8 Å². The predicted molar refractivity (Wildman–Crippen MR) is 128 cm³/mol. The SMILES string of the molecule is Cc1ccc(CNC(=O)[C@@H](COCCOCCOCCN=[N+]=N)SC2NC(=O)NCC2C)cc1. The molecule has 0 saturated carbocycles. The largest absolute Gasteiger partial charge is 0.377 e. The second kappa shape index (κ2) is 16.2. The van der Waals surface area contributed by atoms with Crippen LogP contribution in [0.25, 0.3) is 0 Å². The molecule has 34 heavy (non-hydrogen) atoms. The molecule has 12 heteroatoms. The number of nitrogens with one attached hydrogen (secondary N) is 4. The Balaban J connectivity index is 1.76. The van der Waals surface area contributed by atoms with Gasteiger partial charge in [0.15, 0.2) is 0 Å². The fourth-order valence-corrected chi connectivity index (χ4v) is 4.27. The van der Waals surface area contributed by atoms with Crippen molar-refractivity contribution < 1.29 is 23.8 Å². The molecule has 0 aromatic heterocycles. The zero-order valence-electron chi connectivity index (χ0n) is 19.7. The summed E-state index contributed by atoms with van der Waals surface area (Å²) in [5, 5.41) is 11.5. The molecule has 3 amide bonds. The maximum absolute atomic E-state index is 12.9. The molecule has 1 aliphatic heterocycles. The smallest absolute Gasteiger partial charge is 0.315 e. The van der Waals surface area contributed by atoms with E-state index >= 15 is 0 Å². The number of amides is 3. The summed E-state index contributed by atoms with van der Waals surface area (Å²) < 4.78 is 16.5. The van der Waals surface area contributed by atoms with Gasteiger partial charge in [0.1, 0.15) is 22.4 Å². The molecule has 1 aromatic carbocycles. The summed E-state index contributed by atoms with van der Waals surface area (Å²) in [4.78, 5) is 27.6. The molecular formula is C22H35N6O5S+. The Morgan fingerprint density at radius 1 is 1.21 bits per heavy atom. The van der Waals surface area contributed by atoms with Gasteiger partial charge in [0.2, 0.25) is 10.8 Å². The van der Waals surface area contributed by atoms with Crippen molar-refractivity contribution in [2.45, 2.75) is 31.0 Å². The van der Waals surface area contributed by atoms with Gasteiger partial charge in [0.25, 0.3) is 0 Å². The lowest BCUT2D eigenvalue weighted by Crippen LogP contribution is -2.54. The molecule has 2 rings (SSSR count). The van der Waals surface area contributed by atoms with Gasteiger partial charge in [-0.05, 0) is 12.5 Å². The van der Waals surface area contributed by atoms with Crippen LogP contribution in [0.2, 0.25) is 0 Å². The number of thioether (sulfide) groups is 1. The second-order valence-corrected chi connectivity index (χ2v) is 9.19. The fourth-order valence-electron chi connectivity index (χ4n) is 3.00. The van der Waals surface area contributed by atoms with Crippen molar-refractivity contribution in [1.82, 2.24) is 20.9 Å². The van der Waals surface area contributed by atoms with Gasteiger partial charge in [0.05, 0.1) is 45.0 Å². The minimum Gasteiger partial charge on any atom is -0.377 e. The molecule has 1 aliphatic rings. The van der Waals surface area contributed by atoms with Crippen LogP contribution in [0.15, 0.2) is 29.4 Å². The van der Waals surface area contributed by atoms with Crippen molar-refractivity contribution in [3.8, 4) is 0 Å². The molecule has 0 radical (unpaired) electrons. The zero-order chi connectivity index (χ0) is 24.6. The minimum atomic E-state index is -0.481. The van der Waals surface area contributed by atoms with Gasteiger partial charge in [-0.25, -0.2) is 4.79 Å². The van der Waals surface area contributed by atoms with Crippen LogP contribution < -0.4 is 20.9 Å². The quantitative estimate of drug-likeness (QED) is 0.155. The van der Waals surface area contributed by atoms with E-state index < -0.39 is 5.25 Å². The van der Waals surface area contributed by atoms with Crippen molar-refractivity contribution in [2.75, 3.05) is 52.7 Å². The van der Waals surface area contributed by atoms with Crippen LogP contribution >= 0.6 is 11.8 Å². The molecule has 0 bridgehead atoms. The van der Waals surface area contributed by atoms with Crippen LogP contribution in [0, 0.1) is 18.4 Å². The van der Waals surface area contributed by atoms with E-state index in [-0.39, 0.29) is 29.8 Å². The number of urea groups is 1. The standard InChI is InChI=1S/C22H34N6O5S/c1-16-3-5-18(6-4-16)14-24-20(29)19(34-21-17(2)13-25-22(30)27-21)15-33-12-11-32-10-9-31-8-7-26-28-23/h3-6,17,19,21,23H,7-15H2,1-2H3,(H2-,24,25,27,29,30)/p+1/t17?,19-,21?/m1/s1. The van der Waals surface area contributed by atoms with Gasteiger partial charge in [-0.2, -0.15) is 0 Å². The number of carbonyl (C=O) groups is 2. The number of aryl methyl sites for hydroxylation is 1. The Hall–Kier alpha value is -2.50. The highest BCUT2D eigenvalue weighted by atomic mass is 32.2. The first kappa shape index (κ1) is 27.7. The first-order valence-corrected chi connectivity index (χ1v) is 12.2. The number of rotatable bonds is 16. The lowest BCUT2D eigenvalue weighted by molar-refractivity contribution is -0.121. The molecule has 0 spiro atoms. The Morgan fingerprint density at radius 2 is 1.88 bits per heavy atom. The van der Waals surface area contributed by atoms with Crippen LogP contribution in [0.5, 0.6) is 0 Å². The van der Waals surface area contributed by atoms with Gasteiger partial charge in [-0.15, -0.1) is 11.8 Å². The Bertz CT molecular complexity index is 805. The Labute approximate surface area is 204 Å². The summed E-state index contributed by atoms with van der Waals surface area (Å²) in [6.45, 7) is 7.52. The molecule has 1 fully saturated rings. The normalized spacial score (nSPS) is 18.4. The summed E-state index contributed by atoms with van der Waals surface area (Å²) >= 11 is 1.40.